The Morgan fingerprint density at radius 1 is 1.24 bits per heavy atom. The van der Waals surface area contributed by atoms with Crippen LogP contribution in [0, 0.1) is 5.92 Å². The number of rotatable bonds is 5. The van der Waals surface area contributed by atoms with Gasteiger partial charge in [0.2, 0.25) is 0 Å². The molecule has 1 aromatic rings. The van der Waals surface area contributed by atoms with Crippen molar-refractivity contribution in [1.29, 1.82) is 0 Å². The summed E-state index contributed by atoms with van der Waals surface area (Å²) >= 11 is 0. The number of hydrogen-bond acceptors (Lipinski definition) is 1. The zero-order chi connectivity index (χ0) is 13.1. The van der Waals surface area contributed by atoms with Crippen LogP contribution in [0.4, 0.5) is 0 Å². The minimum absolute atomic E-state index is 0.280. The molecular weight excluding hydrogens is 228 g/mol. The first-order chi connectivity index (χ1) is 7.85. The van der Waals surface area contributed by atoms with E-state index < -0.39 is 14.0 Å². The molecule has 0 unspecified atom stereocenters. The van der Waals surface area contributed by atoms with E-state index in [1.54, 1.807) is 0 Å². The van der Waals surface area contributed by atoms with Gasteiger partial charge in [0.25, 0.3) is 0 Å². The van der Waals surface area contributed by atoms with Crippen LogP contribution < -0.4 is 5.19 Å². The number of carboxylic acids is 1. The van der Waals surface area contributed by atoms with Crippen LogP contribution >= 0.6 is 0 Å². The topological polar surface area (TPSA) is 37.3 Å². The van der Waals surface area contributed by atoms with Crippen molar-refractivity contribution in [2.75, 3.05) is 0 Å². The third-order valence-electron chi connectivity index (χ3n) is 3.64. The van der Waals surface area contributed by atoms with E-state index in [1.165, 1.54) is 5.19 Å². The largest absolute Gasteiger partial charge is 0.481 e. The lowest BCUT2D eigenvalue weighted by molar-refractivity contribution is -0.137. The van der Waals surface area contributed by atoms with E-state index in [1.807, 2.05) is 18.2 Å². The molecule has 1 aromatic carbocycles. The average molecular weight is 250 g/mol. The molecular formula is C14H22O2Si. The van der Waals surface area contributed by atoms with Crippen LogP contribution in [-0.4, -0.2) is 19.1 Å². The molecule has 0 aliphatic carbocycles. The molecule has 0 bridgehead atoms. The van der Waals surface area contributed by atoms with Crippen LogP contribution in [0.3, 0.4) is 0 Å². The lowest BCUT2D eigenvalue weighted by atomic mass is 10.1. The SMILES string of the molecule is CC(C)[C@@H](CC(=O)O)[Si](C)(C)c1ccccc1. The number of aliphatic carboxylic acids is 1. The first-order valence-electron chi connectivity index (χ1n) is 6.13. The Morgan fingerprint density at radius 2 is 1.76 bits per heavy atom. The predicted octanol–water partition coefficient (Wildman–Crippen LogP) is 3.10. The Hall–Kier alpha value is -1.09. The molecule has 94 valence electrons. The minimum Gasteiger partial charge on any atom is -0.481 e. The van der Waals surface area contributed by atoms with E-state index >= 15 is 0 Å². The highest BCUT2D eigenvalue weighted by molar-refractivity contribution is 6.91. The van der Waals surface area contributed by atoms with Gasteiger partial charge in [-0.3, -0.25) is 4.79 Å². The summed E-state index contributed by atoms with van der Waals surface area (Å²) in [5.41, 5.74) is 0.280. The van der Waals surface area contributed by atoms with Gasteiger partial charge >= 0.3 is 5.97 Å². The molecule has 0 aromatic heterocycles. The number of carboxylic acid groups (broad SMARTS) is 1. The molecule has 0 saturated carbocycles. The van der Waals surface area contributed by atoms with Crippen molar-refractivity contribution in [2.45, 2.75) is 38.9 Å². The summed E-state index contributed by atoms with van der Waals surface area (Å²) in [5, 5.41) is 10.4. The summed E-state index contributed by atoms with van der Waals surface area (Å²) in [6.45, 7) is 8.81. The summed E-state index contributed by atoms with van der Waals surface area (Å²) in [6, 6.07) is 10.4. The minimum atomic E-state index is -1.72. The maximum Gasteiger partial charge on any atom is 0.303 e. The Morgan fingerprint density at radius 3 is 2.18 bits per heavy atom. The zero-order valence-corrected chi connectivity index (χ0v) is 12.1. The molecule has 3 heteroatoms. The average Bonchev–Trinajstić information content (AvgIpc) is 2.26. The van der Waals surface area contributed by atoms with Crippen LogP contribution in [-0.2, 0) is 4.79 Å². The molecule has 0 amide bonds. The third kappa shape index (κ3) is 3.43. The molecule has 0 spiro atoms. The molecule has 0 fully saturated rings. The second-order valence-electron chi connectivity index (χ2n) is 5.54. The van der Waals surface area contributed by atoms with Crippen molar-refractivity contribution in [3.63, 3.8) is 0 Å². The van der Waals surface area contributed by atoms with Gasteiger partial charge in [-0.1, -0.05) is 62.5 Å². The molecule has 0 aliphatic heterocycles. The lowest BCUT2D eigenvalue weighted by Gasteiger charge is -2.35. The van der Waals surface area contributed by atoms with Crippen LogP contribution in [0.15, 0.2) is 30.3 Å². The predicted molar refractivity (Wildman–Crippen MR) is 74.4 cm³/mol. The highest BCUT2D eigenvalue weighted by Gasteiger charge is 2.36. The van der Waals surface area contributed by atoms with Gasteiger partial charge in [-0.25, -0.2) is 0 Å². The fraction of sp³-hybridized carbons (Fsp3) is 0.500. The van der Waals surface area contributed by atoms with Crippen molar-refractivity contribution < 1.29 is 9.90 Å². The summed E-state index contributed by atoms with van der Waals surface area (Å²) in [4.78, 5) is 11.0. The fourth-order valence-corrected chi connectivity index (χ4v) is 6.43. The monoisotopic (exact) mass is 250 g/mol. The number of carbonyl (C=O) groups is 1. The second kappa shape index (κ2) is 5.49. The second-order valence-corrected chi connectivity index (χ2v) is 10.3. The van der Waals surface area contributed by atoms with E-state index in [2.05, 4.69) is 39.1 Å². The summed E-state index contributed by atoms with van der Waals surface area (Å²) in [6.07, 6.45) is 0.284. The molecule has 0 saturated heterocycles. The zero-order valence-electron chi connectivity index (χ0n) is 11.1. The molecule has 17 heavy (non-hydrogen) atoms. The maximum absolute atomic E-state index is 11.0. The van der Waals surface area contributed by atoms with Crippen LogP contribution in [0.2, 0.25) is 18.6 Å². The normalized spacial score (nSPS) is 13.7. The van der Waals surface area contributed by atoms with Crippen LogP contribution in [0.5, 0.6) is 0 Å². The van der Waals surface area contributed by atoms with Gasteiger partial charge in [-0.15, -0.1) is 0 Å². The highest BCUT2D eigenvalue weighted by Crippen LogP contribution is 2.32. The molecule has 1 atom stereocenters. The Balaban J connectivity index is 3.04. The Kier molecular flexibility index (Phi) is 4.51. The van der Waals surface area contributed by atoms with Gasteiger partial charge in [0, 0.05) is 6.42 Å². The molecule has 0 radical (unpaired) electrons. The Bertz CT molecular complexity index is 371. The van der Waals surface area contributed by atoms with Crippen molar-refractivity contribution in [3.8, 4) is 0 Å². The number of benzene rings is 1. The van der Waals surface area contributed by atoms with Crippen LogP contribution in [0.1, 0.15) is 20.3 Å². The highest BCUT2D eigenvalue weighted by atomic mass is 28.3. The molecule has 1 rings (SSSR count). The van der Waals surface area contributed by atoms with E-state index in [0.717, 1.165) is 0 Å². The van der Waals surface area contributed by atoms with E-state index in [-0.39, 0.29) is 12.0 Å². The van der Waals surface area contributed by atoms with Gasteiger partial charge in [0.05, 0.1) is 8.07 Å². The third-order valence-corrected chi connectivity index (χ3v) is 8.19. The molecule has 1 N–H and O–H groups in total. The van der Waals surface area contributed by atoms with Crippen molar-refractivity contribution in [2.24, 2.45) is 5.92 Å². The fourth-order valence-electron chi connectivity index (χ4n) is 2.59. The van der Waals surface area contributed by atoms with Crippen molar-refractivity contribution in [3.05, 3.63) is 30.3 Å². The van der Waals surface area contributed by atoms with Crippen LogP contribution in [0.25, 0.3) is 0 Å². The first kappa shape index (κ1) is 14.0. The maximum atomic E-state index is 11.0. The van der Waals surface area contributed by atoms with Gasteiger partial charge in [0.1, 0.15) is 0 Å². The van der Waals surface area contributed by atoms with Gasteiger partial charge in [-0.2, -0.15) is 0 Å². The van der Waals surface area contributed by atoms with Crippen molar-refractivity contribution >= 4 is 19.2 Å². The van der Waals surface area contributed by atoms with E-state index in [9.17, 15) is 4.79 Å². The molecule has 0 aliphatic rings. The smallest absolute Gasteiger partial charge is 0.303 e. The quantitative estimate of drug-likeness (QED) is 0.815. The summed E-state index contributed by atoms with van der Waals surface area (Å²) in [7, 11) is -1.72. The lowest BCUT2D eigenvalue weighted by Crippen LogP contribution is -2.48. The summed E-state index contributed by atoms with van der Waals surface area (Å²) in [5.74, 6) is -0.270. The summed E-state index contributed by atoms with van der Waals surface area (Å²) < 4.78 is 0. The van der Waals surface area contributed by atoms with E-state index in [4.69, 9.17) is 5.11 Å². The van der Waals surface area contributed by atoms with Gasteiger partial charge < -0.3 is 5.11 Å². The Labute approximate surface area is 105 Å². The standard InChI is InChI=1S/C14H22O2Si/c1-11(2)13(10-14(15)16)17(3,4)12-8-6-5-7-9-12/h5-9,11,13H,10H2,1-4H3,(H,15,16)/t13-/m1/s1. The van der Waals surface area contributed by atoms with Gasteiger partial charge in [-0.05, 0) is 11.5 Å². The van der Waals surface area contributed by atoms with Gasteiger partial charge in [0.15, 0.2) is 0 Å². The molecule has 0 heterocycles. The molecule has 2 nitrogen and oxygen atoms in total. The number of hydrogen-bond donors (Lipinski definition) is 1. The van der Waals surface area contributed by atoms with E-state index in [0.29, 0.717) is 5.92 Å². The van der Waals surface area contributed by atoms with Crippen molar-refractivity contribution in [1.82, 2.24) is 0 Å². The first-order valence-corrected chi connectivity index (χ1v) is 9.20.